The van der Waals surface area contributed by atoms with Gasteiger partial charge in [0.1, 0.15) is 11.3 Å². The number of benzene rings is 1. The Morgan fingerprint density at radius 1 is 1.47 bits per heavy atom. The van der Waals surface area contributed by atoms with Gasteiger partial charge in [0.25, 0.3) is 0 Å². The molecule has 1 aromatic heterocycles. The largest absolute Gasteiger partial charge is 0.481 e. The summed E-state index contributed by atoms with van der Waals surface area (Å²) in [4.78, 5) is 10.5. The van der Waals surface area contributed by atoms with Crippen LogP contribution in [0.15, 0.2) is 27.1 Å². The number of halogens is 1. The van der Waals surface area contributed by atoms with Gasteiger partial charge in [-0.05, 0) is 37.1 Å². The fraction of sp³-hybridized carbons (Fsp3) is 0.308. The Morgan fingerprint density at radius 3 is 2.94 bits per heavy atom. The third-order valence-electron chi connectivity index (χ3n) is 2.79. The lowest BCUT2D eigenvalue weighted by molar-refractivity contribution is -0.137. The van der Waals surface area contributed by atoms with Gasteiger partial charge in [0.2, 0.25) is 0 Å². The van der Waals surface area contributed by atoms with E-state index in [9.17, 15) is 4.79 Å². The molecule has 2 aromatic rings. The fourth-order valence-corrected chi connectivity index (χ4v) is 2.24. The van der Waals surface area contributed by atoms with Crippen molar-refractivity contribution >= 4 is 32.9 Å². The van der Waals surface area contributed by atoms with Crippen molar-refractivity contribution in [3.63, 3.8) is 0 Å². The number of carboxylic acids is 1. The second-order valence-corrected chi connectivity index (χ2v) is 4.95. The maximum atomic E-state index is 10.5. The highest BCUT2D eigenvalue weighted by Crippen LogP contribution is 2.28. The normalized spacial score (nSPS) is 10.9. The predicted molar refractivity (Wildman–Crippen MR) is 69.2 cm³/mol. The van der Waals surface area contributed by atoms with Gasteiger partial charge in [0.05, 0.1) is 0 Å². The van der Waals surface area contributed by atoms with Gasteiger partial charge in [-0.1, -0.05) is 15.9 Å². The second-order valence-electron chi connectivity index (χ2n) is 4.04. The van der Waals surface area contributed by atoms with Gasteiger partial charge < -0.3 is 9.52 Å². The topological polar surface area (TPSA) is 50.4 Å². The molecule has 0 unspecified atom stereocenters. The lowest BCUT2D eigenvalue weighted by Gasteiger charge is -1.96. The van der Waals surface area contributed by atoms with E-state index in [0.29, 0.717) is 12.8 Å². The molecule has 0 aliphatic rings. The lowest BCUT2D eigenvalue weighted by Crippen LogP contribution is -1.95. The SMILES string of the molecule is Cc1c(CCCC(=O)O)oc2ccc(Br)cc12. The maximum Gasteiger partial charge on any atom is 0.303 e. The molecule has 17 heavy (non-hydrogen) atoms. The first kappa shape index (κ1) is 12.2. The third-order valence-corrected chi connectivity index (χ3v) is 3.28. The number of rotatable bonds is 4. The molecular formula is C13H13BrO3. The number of aryl methyl sites for hydroxylation is 2. The molecule has 0 aliphatic heterocycles. The third kappa shape index (κ3) is 2.69. The summed E-state index contributed by atoms with van der Waals surface area (Å²) in [7, 11) is 0. The minimum atomic E-state index is -0.762. The molecule has 0 saturated carbocycles. The van der Waals surface area contributed by atoms with Crippen molar-refractivity contribution in [3.05, 3.63) is 34.0 Å². The lowest BCUT2D eigenvalue weighted by atomic mass is 10.1. The van der Waals surface area contributed by atoms with E-state index in [0.717, 1.165) is 26.8 Å². The Labute approximate surface area is 108 Å². The van der Waals surface area contributed by atoms with Crippen molar-refractivity contribution in [2.24, 2.45) is 0 Å². The molecule has 1 N–H and O–H groups in total. The van der Waals surface area contributed by atoms with Gasteiger partial charge in [-0.2, -0.15) is 0 Å². The van der Waals surface area contributed by atoms with Crippen LogP contribution in [0.4, 0.5) is 0 Å². The van der Waals surface area contributed by atoms with Crippen LogP contribution < -0.4 is 0 Å². The van der Waals surface area contributed by atoms with Crippen LogP contribution in [-0.2, 0) is 11.2 Å². The van der Waals surface area contributed by atoms with E-state index in [4.69, 9.17) is 9.52 Å². The summed E-state index contributed by atoms with van der Waals surface area (Å²) >= 11 is 3.43. The van der Waals surface area contributed by atoms with Crippen molar-refractivity contribution in [1.29, 1.82) is 0 Å². The van der Waals surface area contributed by atoms with E-state index in [2.05, 4.69) is 15.9 Å². The summed E-state index contributed by atoms with van der Waals surface area (Å²) < 4.78 is 6.74. The number of hydrogen-bond donors (Lipinski definition) is 1. The Balaban J connectivity index is 2.23. The molecule has 2 rings (SSSR count). The summed E-state index contributed by atoms with van der Waals surface area (Å²) in [5.74, 6) is 0.126. The molecular weight excluding hydrogens is 284 g/mol. The molecule has 1 heterocycles. The average molecular weight is 297 g/mol. The van der Waals surface area contributed by atoms with Gasteiger partial charge in [-0.25, -0.2) is 0 Å². The summed E-state index contributed by atoms with van der Waals surface area (Å²) in [6.45, 7) is 2.01. The molecule has 4 heteroatoms. The molecule has 0 fully saturated rings. The van der Waals surface area contributed by atoms with Gasteiger partial charge in [0, 0.05) is 22.7 Å². The van der Waals surface area contributed by atoms with Crippen molar-refractivity contribution in [1.82, 2.24) is 0 Å². The van der Waals surface area contributed by atoms with Crippen molar-refractivity contribution in [2.45, 2.75) is 26.2 Å². The first-order valence-electron chi connectivity index (χ1n) is 5.47. The minimum Gasteiger partial charge on any atom is -0.481 e. The number of carboxylic acid groups (broad SMARTS) is 1. The number of carbonyl (C=O) groups is 1. The van der Waals surface area contributed by atoms with Crippen LogP contribution in [0.25, 0.3) is 11.0 Å². The highest BCUT2D eigenvalue weighted by molar-refractivity contribution is 9.10. The van der Waals surface area contributed by atoms with E-state index < -0.39 is 5.97 Å². The van der Waals surface area contributed by atoms with Crippen LogP contribution in [0, 0.1) is 6.92 Å². The standard InChI is InChI=1S/C13H13BrO3/c1-8-10-7-9(14)5-6-12(10)17-11(8)3-2-4-13(15)16/h5-7H,2-4H2,1H3,(H,15,16). The molecule has 90 valence electrons. The highest BCUT2D eigenvalue weighted by atomic mass is 79.9. The molecule has 0 radical (unpaired) electrons. The molecule has 0 saturated heterocycles. The van der Waals surface area contributed by atoms with Gasteiger partial charge >= 0.3 is 5.97 Å². The van der Waals surface area contributed by atoms with Gasteiger partial charge in [-0.15, -0.1) is 0 Å². The number of aliphatic carboxylic acids is 1. The molecule has 1 aromatic carbocycles. The van der Waals surface area contributed by atoms with E-state index in [1.807, 2.05) is 25.1 Å². The van der Waals surface area contributed by atoms with E-state index in [1.165, 1.54) is 0 Å². The van der Waals surface area contributed by atoms with Crippen LogP contribution in [-0.4, -0.2) is 11.1 Å². The maximum absolute atomic E-state index is 10.5. The van der Waals surface area contributed by atoms with Crippen LogP contribution in [0.5, 0.6) is 0 Å². The quantitative estimate of drug-likeness (QED) is 0.930. The van der Waals surface area contributed by atoms with Crippen LogP contribution in [0.3, 0.4) is 0 Å². The Kier molecular flexibility index (Phi) is 3.52. The zero-order valence-corrected chi connectivity index (χ0v) is 11.1. The van der Waals surface area contributed by atoms with Crippen LogP contribution in [0.2, 0.25) is 0 Å². The van der Waals surface area contributed by atoms with Crippen LogP contribution in [0.1, 0.15) is 24.2 Å². The van der Waals surface area contributed by atoms with Crippen molar-refractivity contribution < 1.29 is 14.3 Å². The van der Waals surface area contributed by atoms with Crippen molar-refractivity contribution in [2.75, 3.05) is 0 Å². The van der Waals surface area contributed by atoms with Crippen molar-refractivity contribution in [3.8, 4) is 0 Å². The van der Waals surface area contributed by atoms with Gasteiger partial charge in [-0.3, -0.25) is 4.79 Å². The minimum absolute atomic E-state index is 0.181. The number of furan rings is 1. The summed E-state index contributed by atoms with van der Waals surface area (Å²) in [5, 5.41) is 9.69. The smallest absolute Gasteiger partial charge is 0.303 e. The van der Waals surface area contributed by atoms with E-state index in [1.54, 1.807) is 0 Å². The average Bonchev–Trinajstić information content (AvgIpc) is 2.56. The number of fused-ring (bicyclic) bond motifs is 1. The first-order chi connectivity index (χ1) is 8.08. The molecule has 3 nitrogen and oxygen atoms in total. The van der Waals surface area contributed by atoms with E-state index >= 15 is 0 Å². The summed E-state index contributed by atoms with van der Waals surface area (Å²) in [6.07, 6.45) is 1.46. The molecule has 0 aliphatic carbocycles. The second kappa shape index (κ2) is 4.92. The van der Waals surface area contributed by atoms with Gasteiger partial charge in [0.15, 0.2) is 0 Å². The molecule has 0 bridgehead atoms. The van der Waals surface area contributed by atoms with Crippen LogP contribution >= 0.6 is 15.9 Å². The number of hydrogen-bond acceptors (Lipinski definition) is 2. The molecule has 0 spiro atoms. The predicted octanol–water partition coefficient (Wildman–Crippen LogP) is 3.91. The Morgan fingerprint density at radius 2 is 2.24 bits per heavy atom. The van der Waals surface area contributed by atoms with E-state index in [-0.39, 0.29) is 6.42 Å². The summed E-state index contributed by atoms with van der Waals surface area (Å²) in [6, 6.07) is 5.88. The Bertz CT molecular complexity index is 557. The monoisotopic (exact) mass is 296 g/mol. The fourth-order valence-electron chi connectivity index (χ4n) is 1.88. The zero-order chi connectivity index (χ0) is 12.4. The molecule has 0 amide bonds. The Hall–Kier alpha value is -1.29. The molecule has 0 atom stereocenters. The summed E-state index contributed by atoms with van der Waals surface area (Å²) in [5.41, 5.74) is 1.96. The zero-order valence-electron chi connectivity index (χ0n) is 9.50. The highest BCUT2D eigenvalue weighted by Gasteiger charge is 2.10. The first-order valence-corrected chi connectivity index (χ1v) is 6.26.